The Kier molecular flexibility index (Phi) is 16.2. The van der Waals surface area contributed by atoms with E-state index in [0.717, 1.165) is 0 Å². The van der Waals surface area contributed by atoms with Crippen LogP contribution in [-0.4, -0.2) is 145 Å². The van der Waals surface area contributed by atoms with Crippen LogP contribution in [0.3, 0.4) is 0 Å². The van der Waals surface area contributed by atoms with Gasteiger partial charge in [0.2, 0.25) is 0 Å². The number of cyclic esters (lactones) is 1. The summed E-state index contributed by atoms with van der Waals surface area (Å²) < 4.78 is 35.7. The minimum absolute atomic E-state index is 0.0782. The predicted octanol–water partition coefficient (Wildman–Crippen LogP) is 2.16. The number of hydrogen-bond donors (Lipinski definition) is 5. The molecule has 53 heavy (non-hydrogen) atoms. The van der Waals surface area contributed by atoms with E-state index >= 15 is 0 Å². The van der Waals surface area contributed by atoms with E-state index in [1.807, 2.05) is 18.9 Å². The number of methoxy groups -OCH3 is 1. The predicted molar refractivity (Wildman–Crippen MR) is 202 cm³/mol. The standard InChI is InChI=1S/C38H64INO13/c1-13-14-15-40(11)25-16-20(3)49-34(28(25)42)52-32-22(5)29(51-26-18-37(9,48-12)31(44)24(7)50-26)23(6)33(45)53-35(39)38(10,47)30(43)21(4)27(41)19(2)17-36(32,8)46/h1,19-26,28-32,34-35,42-44,46-47H,14-18H2,2-12H3/t19-,20-,21+,22+,23-,24+,25+,26+,28-,29+,30-,31+,32-,34+,35+,36-,37-,38+/m1/s1. The summed E-state index contributed by atoms with van der Waals surface area (Å²) in [5.74, 6) is -2.52. The quantitative estimate of drug-likeness (QED) is 0.103. The summed E-state index contributed by atoms with van der Waals surface area (Å²) in [5, 5.41) is 57.6. The van der Waals surface area contributed by atoms with Gasteiger partial charge in [0.1, 0.15) is 23.6 Å². The number of ketones is 1. The highest BCUT2D eigenvalue weighted by Gasteiger charge is 2.53. The number of Topliss-reactive ketones (excluding diaryl/α,β-unsaturated/α-hetero) is 1. The largest absolute Gasteiger partial charge is 0.448 e. The zero-order chi connectivity index (χ0) is 40.4. The zero-order valence-electron chi connectivity index (χ0n) is 33.1. The van der Waals surface area contributed by atoms with E-state index in [9.17, 15) is 35.1 Å². The van der Waals surface area contributed by atoms with Crippen LogP contribution in [0.2, 0.25) is 0 Å². The van der Waals surface area contributed by atoms with Gasteiger partial charge in [0.25, 0.3) is 0 Å². The van der Waals surface area contributed by atoms with Crippen LogP contribution in [0.5, 0.6) is 0 Å². The van der Waals surface area contributed by atoms with E-state index in [-0.39, 0.29) is 18.9 Å². The van der Waals surface area contributed by atoms with Crippen molar-refractivity contribution >= 4 is 34.3 Å². The smallest absolute Gasteiger partial charge is 0.312 e. The lowest BCUT2D eigenvalue weighted by Gasteiger charge is -2.49. The third kappa shape index (κ3) is 10.5. The van der Waals surface area contributed by atoms with Crippen LogP contribution in [-0.2, 0) is 38.0 Å². The van der Waals surface area contributed by atoms with Crippen molar-refractivity contribution in [2.45, 2.75) is 170 Å². The van der Waals surface area contributed by atoms with Crippen molar-refractivity contribution in [3.63, 3.8) is 0 Å². The second-order valence-corrected chi connectivity index (χ2v) is 17.5. The third-order valence-electron chi connectivity index (χ3n) is 11.7. The molecular formula is C38H64INO13. The molecule has 3 rings (SSSR count). The Labute approximate surface area is 328 Å². The van der Waals surface area contributed by atoms with E-state index in [2.05, 4.69) is 5.92 Å². The molecule has 0 amide bonds. The Bertz CT molecular complexity index is 1280. The summed E-state index contributed by atoms with van der Waals surface area (Å²) in [6, 6.07) is -0.400. The maximum atomic E-state index is 14.0. The molecule has 0 spiro atoms. The van der Waals surface area contributed by atoms with Gasteiger partial charge < -0.3 is 54.0 Å². The second-order valence-electron chi connectivity index (χ2n) is 16.4. The minimum Gasteiger partial charge on any atom is -0.448 e. The molecule has 0 unspecified atom stereocenters. The molecule has 306 valence electrons. The van der Waals surface area contributed by atoms with E-state index < -0.39 is 112 Å². The Morgan fingerprint density at radius 1 is 0.962 bits per heavy atom. The molecule has 0 aliphatic carbocycles. The molecule has 0 bridgehead atoms. The average molecular weight is 870 g/mol. The molecule has 3 fully saturated rings. The molecule has 18 atom stereocenters. The van der Waals surface area contributed by atoms with E-state index in [0.29, 0.717) is 19.4 Å². The zero-order valence-corrected chi connectivity index (χ0v) is 35.3. The fourth-order valence-corrected chi connectivity index (χ4v) is 8.77. The number of ether oxygens (including phenoxy) is 6. The number of alkyl halides is 1. The number of likely N-dealkylation sites (N-methyl/N-ethyl adjacent to an activating group) is 1. The molecule has 3 heterocycles. The van der Waals surface area contributed by atoms with Gasteiger partial charge in [-0.15, -0.1) is 12.3 Å². The number of terminal acetylenes is 1. The van der Waals surface area contributed by atoms with Crippen molar-refractivity contribution in [1.82, 2.24) is 4.90 Å². The summed E-state index contributed by atoms with van der Waals surface area (Å²) in [5.41, 5.74) is -4.92. The van der Waals surface area contributed by atoms with E-state index in [1.54, 1.807) is 57.2 Å². The normalized spacial score (nSPS) is 48.1. The second kappa shape index (κ2) is 18.5. The van der Waals surface area contributed by atoms with Gasteiger partial charge in [0.15, 0.2) is 16.7 Å². The lowest BCUT2D eigenvalue weighted by molar-refractivity contribution is -0.318. The van der Waals surface area contributed by atoms with E-state index in [4.69, 9.17) is 34.8 Å². The number of carbonyl (C=O) groups excluding carboxylic acids is 2. The number of rotatable bonds is 8. The monoisotopic (exact) mass is 869 g/mol. The average Bonchev–Trinajstić information content (AvgIpc) is 3.09. The van der Waals surface area contributed by atoms with Gasteiger partial charge in [-0.25, -0.2) is 0 Å². The van der Waals surface area contributed by atoms with Crippen molar-refractivity contribution in [2.24, 2.45) is 23.7 Å². The first-order valence-corrected chi connectivity index (χ1v) is 19.9. The molecule has 0 aromatic heterocycles. The van der Waals surface area contributed by atoms with Crippen molar-refractivity contribution in [3.8, 4) is 12.3 Å². The summed E-state index contributed by atoms with van der Waals surface area (Å²) in [6.45, 7) is 15.0. The third-order valence-corrected chi connectivity index (χ3v) is 13.2. The van der Waals surface area contributed by atoms with Gasteiger partial charge in [-0.2, -0.15) is 0 Å². The number of hydrogen-bond acceptors (Lipinski definition) is 14. The molecule has 0 aromatic rings. The summed E-state index contributed by atoms with van der Waals surface area (Å²) in [4.78, 5) is 29.7. The maximum Gasteiger partial charge on any atom is 0.312 e. The number of aliphatic hydroxyl groups excluding tert-OH is 3. The fourth-order valence-electron chi connectivity index (χ4n) is 8.15. The first-order chi connectivity index (χ1) is 24.4. The number of halogens is 1. The summed E-state index contributed by atoms with van der Waals surface area (Å²) in [7, 11) is 3.33. The summed E-state index contributed by atoms with van der Waals surface area (Å²) in [6.07, 6.45) is -3.06. The van der Waals surface area contributed by atoms with Gasteiger partial charge in [-0.3, -0.25) is 14.5 Å². The number of carbonyl (C=O) groups is 2. The fraction of sp³-hybridized carbons (Fsp3) is 0.895. The summed E-state index contributed by atoms with van der Waals surface area (Å²) >= 11 is 1.72. The number of nitrogens with zero attached hydrogens (tertiary/aromatic N) is 1. The van der Waals surface area contributed by atoms with E-state index in [1.165, 1.54) is 27.9 Å². The molecule has 3 aliphatic rings. The molecule has 15 heteroatoms. The Balaban J connectivity index is 2.16. The highest BCUT2D eigenvalue weighted by Crippen LogP contribution is 2.41. The van der Waals surface area contributed by atoms with Crippen LogP contribution in [0.25, 0.3) is 0 Å². The van der Waals surface area contributed by atoms with Crippen molar-refractivity contribution in [1.29, 1.82) is 0 Å². The molecule has 0 saturated carbocycles. The van der Waals surface area contributed by atoms with Gasteiger partial charge in [0.05, 0.1) is 47.6 Å². The highest BCUT2D eigenvalue weighted by atomic mass is 127. The molecular weight excluding hydrogens is 805 g/mol. The molecule has 5 N–H and O–H groups in total. The molecule has 3 saturated heterocycles. The lowest BCUT2D eigenvalue weighted by atomic mass is 9.75. The number of esters is 1. The molecule has 0 aromatic carbocycles. The SMILES string of the molecule is C#CCCN(C)[C@H]1C[C@@H](C)O[C@@H](O[C@@H]2[C@@H](C)[C@H](O[C@H]3C[C@@](C)(OC)[C@@H](O)[C@H](C)O3)[C@@H](C)C(=O)O[C@H](I)[C@@](C)(O)[C@H](O)[C@@H](C)C(=O)[C@H](C)C[C@@]2(C)O)[C@@H]1O. The van der Waals surface area contributed by atoms with Crippen molar-refractivity contribution < 1.29 is 63.5 Å². The number of aliphatic hydroxyl groups is 5. The Morgan fingerprint density at radius 3 is 2.17 bits per heavy atom. The Hall–Kier alpha value is -1.01. The topological polar surface area (TPSA) is 194 Å². The van der Waals surface area contributed by atoms with Crippen molar-refractivity contribution in [3.05, 3.63) is 0 Å². The molecule has 0 radical (unpaired) electrons. The lowest BCUT2D eigenvalue weighted by Crippen LogP contribution is -2.61. The van der Waals surface area contributed by atoms with Crippen LogP contribution in [0, 0.1) is 36.0 Å². The van der Waals surface area contributed by atoms with Crippen LogP contribution in [0.1, 0.15) is 88.0 Å². The van der Waals surface area contributed by atoms with Gasteiger partial charge >= 0.3 is 5.97 Å². The van der Waals surface area contributed by atoms with Gasteiger partial charge in [0, 0.05) is 50.3 Å². The maximum absolute atomic E-state index is 14.0. The first-order valence-electron chi connectivity index (χ1n) is 18.6. The Morgan fingerprint density at radius 2 is 1.58 bits per heavy atom. The van der Waals surface area contributed by atoms with Crippen LogP contribution >= 0.6 is 22.6 Å². The van der Waals surface area contributed by atoms with Gasteiger partial charge in [-0.05, 0) is 84.0 Å². The van der Waals surface area contributed by atoms with Gasteiger partial charge in [-0.1, -0.05) is 20.8 Å². The first kappa shape index (κ1) is 46.4. The molecule has 14 nitrogen and oxygen atoms in total. The minimum atomic E-state index is -2.03. The highest BCUT2D eigenvalue weighted by molar-refractivity contribution is 14.1. The van der Waals surface area contributed by atoms with Crippen molar-refractivity contribution in [2.75, 3.05) is 20.7 Å². The molecule has 3 aliphatic heterocycles. The van der Waals surface area contributed by atoms with Crippen LogP contribution in [0.4, 0.5) is 0 Å². The van der Waals surface area contributed by atoms with Crippen LogP contribution < -0.4 is 0 Å². The van der Waals surface area contributed by atoms with Crippen LogP contribution in [0.15, 0.2) is 0 Å².